The van der Waals surface area contributed by atoms with Gasteiger partial charge in [-0.15, -0.1) is 5.10 Å². The molecule has 0 spiro atoms. The highest BCUT2D eigenvalue weighted by molar-refractivity contribution is 5.88. The van der Waals surface area contributed by atoms with Crippen LogP contribution in [-0.2, 0) is 9.59 Å². The van der Waals surface area contributed by atoms with Crippen LogP contribution in [0.3, 0.4) is 0 Å². The lowest BCUT2D eigenvalue weighted by Crippen LogP contribution is -2.52. The first-order valence-corrected chi connectivity index (χ1v) is 9.62. The second-order valence-electron chi connectivity index (χ2n) is 7.45. The van der Waals surface area contributed by atoms with Crippen LogP contribution in [0.4, 0.5) is 0 Å². The Balaban J connectivity index is 1.26. The van der Waals surface area contributed by atoms with E-state index in [1.165, 1.54) is 0 Å². The van der Waals surface area contributed by atoms with Crippen molar-refractivity contribution in [3.63, 3.8) is 0 Å². The van der Waals surface area contributed by atoms with Crippen molar-refractivity contribution in [3.05, 3.63) is 24.0 Å². The smallest absolute Gasteiger partial charge is 0.245 e. The predicted octanol–water partition coefficient (Wildman–Crippen LogP) is 1.32. The Morgan fingerprint density at radius 1 is 1.30 bits per heavy atom. The summed E-state index contributed by atoms with van der Waals surface area (Å²) in [5, 5.41) is 7.24. The number of likely N-dealkylation sites (tertiary alicyclic amines) is 1. The van der Waals surface area contributed by atoms with Crippen molar-refractivity contribution in [2.45, 2.75) is 45.1 Å². The Bertz CT molecular complexity index is 841. The average molecular weight is 371 g/mol. The third-order valence-electron chi connectivity index (χ3n) is 5.34. The van der Waals surface area contributed by atoms with Gasteiger partial charge in [0.05, 0.1) is 18.5 Å². The van der Waals surface area contributed by atoms with E-state index in [-0.39, 0.29) is 17.9 Å². The van der Waals surface area contributed by atoms with Gasteiger partial charge < -0.3 is 15.0 Å². The lowest BCUT2D eigenvalue weighted by atomic mass is 9.96. The first kappa shape index (κ1) is 17.8. The van der Waals surface area contributed by atoms with Crippen LogP contribution in [0.5, 0.6) is 5.88 Å². The quantitative estimate of drug-likeness (QED) is 0.876. The number of amides is 2. The minimum atomic E-state index is -0.339. The molecule has 0 bridgehead atoms. The van der Waals surface area contributed by atoms with Crippen molar-refractivity contribution in [3.8, 4) is 5.88 Å². The van der Waals surface area contributed by atoms with Crippen LogP contribution in [0.2, 0.25) is 0 Å². The second kappa shape index (κ2) is 7.54. The molecule has 0 radical (unpaired) electrons. The molecular formula is C19H25N5O3. The zero-order valence-electron chi connectivity index (χ0n) is 15.6. The van der Waals surface area contributed by atoms with Crippen molar-refractivity contribution in [1.82, 2.24) is 24.8 Å². The third-order valence-corrected chi connectivity index (χ3v) is 5.34. The van der Waals surface area contributed by atoms with E-state index in [4.69, 9.17) is 4.74 Å². The van der Waals surface area contributed by atoms with Gasteiger partial charge in [0.15, 0.2) is 5.65 Å². The highest BCUT2D eigenvalue weighted by Crippen LogP contribution is 2.21. The summed E-state index contributed by atoms with van der Waals surface area (Å²) in [5.41, 5.74) is 1.73. The van der Waals surface area contributed by atoms with Crippen LogP contribution in [0, 0.1) is 12.8 Å². The molecule has 0 aliphatic carbocycles. The predicted molar refractivity (Wildman–Crippen MR) is 98.3 cm³/mol. The summed E-state index contributed by atoms with van der Waals surface area (Å²) in [4.78, 5) is 30.3. The van der Waals surface area contributed by atoms with E-state index in [1.54, 1.807) is 4.52 Å². The molecule has 0 saturated carbocycles. The number of aromatic nitrogens is 3. The number of hydrogen-bond acceptors (Lipinski definition) is 5. The van der Waals surface area contributed by atoms with Crippen LogP contribution >= 0.6 is 0 Å². The van der Waals surface area contributed by atoms with Crippen molar-refractivity contribution >= 4 is 17.5 Å². The monoisotopic (exact) mass is 371 g/mol. The highest BCUT2D eigenvalue weighted by atomic mass is 16.5. The molecule has 2 aromatic heterocycles. The van der Waals surface area contributed by atoms with Crippen molar-refractivity contribution < 1.29 is 14.3 Å². The molecule has 4 rings (SSSR count). The first-order valence-electron chi connectivity index (χ1n) is 9.62. The zero-order valence-corrected chi connectivity index (χ0v) is 15.6. The number of fused-ring (bicyclic) bond motifs is 1. The topological polar surface area (TPSA) is 88.8 Å². The molecule has 2 aliphatic heterocycles. The molecule has 2 saturated heterocycles. The van der Waals surface area contributed by atoms with Gasteiger partial charge in [0, 0.05) is 25.6 Å². The molecule has 2 aromatic rings. The van der Waals surface area contributed by atoms with Gasteiger partial charge >= 0.3 is 0 Å². The SMILES string of the molecule is Cc1cn2nc(OCC3CCN(C(=O)C4CCCC(=O)N4)CC3)ccc2n1. The highest BCUT2D eigenvalue weighted by Gasteiger charge is 2.31. The molecule has 2 fully saturated rings. The van der Waals surface area contributed by atoms with E-state index in [0.29, 0.717) is 37.9 Å². The fourth-order valence-electron chi connectivity index (χ4n) is 3.79. The van der Waals surface area contributed by atoms with Crippen molar-refractivity contribution in [2.24, 2.45) is 5.92 Å². The lowest BCUT2D eigenvalue weighted by Gasteiger charge is -2.35. The van der Waals surface area contributed by atoms with Crippen LogP contribution < -0.4 is 10.1 Å². The van der Waals surface area contributed by atoms with Crippen LogP contribution in [-0.4, -0.2) is 57.1 Å². The van der Waals surface area contributed by atoms with Crippen molar-refractivity contribution in [2.75, 3.05) is 19.7 Å². The molecule has 1 N–H and O–H groups in total. The maximum absolute atomic E-state index is 12.6. The van der Waals surface area contributed by atoms with E-state index in [2.05, 4.69) is 15.4 Å². The minimum absolute atomic E-state index is 0.0135. The third kappa shape index (κ3) is 4.04. The van der Waals surface area contributed by atoms with Gasteiger partial charge in [-0.05, 0) is 44.6 Å². The van der Waals surface area contributed by atoms with Gasteiger partial charge in [-0.3, -0.25) is 9.59 Å². The van der Waals surface area contributed by atoms with Crippen molar-refractivity contribution in [1.29, 1.82) is 0 Å². The minimum Gasteiger partial charge on any atom is -0.476 e. The van der Waals surface area contributed by atoms with Crippen LogP contribution in [0.25, 0.3) is 5.65 Å². The molecule has 4 heterocycles. The van der Waals surface area contributed by atoms with E-state index in [1.807, 2.05) is 30.2 Å². The molecule has 144 valence electrons. The number of ether oxygens (including phenoxy) is 1. The molecule has 1 unspecified atom stereocenters. The first-order chi connectivity index (χ1) is 13.1. The van der Waals surface area contributed by atoms with E-state index >= 15 is 0 Å². The number of imidazole rings is 1. The van der Waals surface area contributed by atoms with Gasteiger partial charge in [0.2, 0.25) is 17.7 Å². The Morgan fingerprint density at radius 2 is 2.11 bits per heavy atom. The Labute approximate surface area is 157 Å². The molecule has 2 amide bonds. The number of piperidine rings is 2. The molecule has 27 heavy (non-hydrogen) atoms. The second-order valence-corrected chi connectivity index (χ2v) is 7.45. The maximum atomic E-state index is 12.6. The van der Waals surface area contributed by atoms with Gasteiger partial charge in [0.1, 0.15) is 6.04 Å². The van der Waals surface area contributed by atoms with E-state index in [9.17, 15) is 9.59 Å². The summed E-state index contributed by atoms with van der Waals surface area (Å²) in [5.74, 6) is 1.03. The number of rotatable bonds is 4. The summed E-state index contributed by atoms with van der Waals surface area (Å²) in [6.07, 6.45) is 5.74. The Hall–Kier alpha value is -2.64. The number of nitrogens with one attached hydrogen (secondary N) is 1. The largest absolute Gasteiger partial charge is 0.476 e. The fourth-order valence-corrected chi connectivity index (χ4v) is 3.79. The number of aryl methyl sites for hydroxylation is 1. The summed E-state index contributed by atoms with van der Waals surface area (Å²) in [6.45, 7) is 3.95. The van der Waals surface area contributed by atoms with Gasteiger partial charge in [-0.1, -0.05) is 0 Å². The van der Waals surface area contributed by atoms with E-state index < -0.39 is 0 Å². The fraction of sp³-hybridized carbons (Fsp3) is 0.579. The number of carbonyl (C=O) groups is 2. The summed E-state index contributed by atoms with van der Waals surface area (Å²) in [6, 6.07) is 3.40. The number of carbonyl (C=O) groups excluding carboxylic acids is 2. The van der Waals surface area contributed by atoms with Crippen LogP contribution in [0.15, 0.2) is 18.3 Å². The van der Waals surface area contributed by atoms with Gasteiger partial charge in [0.25, 0.3) is 0 Å². The summed E-state index contributed by atoms with van der Waals surface area (Å²) < 4.78 is 7.60. The average Bonchev–Trinajstić information content (AvgIpc) is 3.05. The summed E-state index contributed by atoms with van der Waals surface area (Å²) >= 11 is 0. The van der Waals surface area contributed by atoms with E-state index in [0.717, 1.165) is 37.0 Å². The molecule has 2 aliphatic rings. The lowest BCUT2D eigenvalue weighted by molar-refractivity contribution is -0.139. The molecule has 0 aromatic carbocycles. The summed E-state index contributed by atoms with van der Waals surface area (Å²) in [7, 11) is 0. The Morgan fingerprint density at radius 3 is 2.89 bits per heavy atom. The van der Waals surface area contributed by atoms with Gasteiger partial charge in [-0.2, -0.15) is 0 Å². The number of nitrogens with zero attached hydrogens (tertiary/aromatic N) is 4. The van der Waals surface area contributed by atoms with Gasteiger partial charge in [-0.25, -0.2) is 9.50 Å². The molecular weight excluding hydrogens is 346 g/mol. The maximum Gasteiger partial charge on any atom is 0.245 e. The molecule has 1 atom stereocenters. The molecule has 8 heteroatoms. The van der Waals surface area contributed by atoms with Crippen LogP contribution in [0.1, 0.15) is 37.8 Å². The zero-order chi connectivity index (χ0) is 18.8. The number of hydrogen-bond donors (Lipinski definition) is 1. The standard InChI is InChI=1S/C19H25N5O3/c1-13-11-24-16(20-13)5-6-18(22-24)27-12-14-7-9-23(10-8-14)19(26)15-3-2-4-17(25)21-15/h5-6,11,14-15H,2-4,7-10,12H2,1H3,(H,21,25). The normalized spacial score (nSPS) is 21.3. The Kier molecular flexibility index (Phi) is 4.96. The molecule has 8 nitrogen and oxygen atoms in total.